The first-order valence-corrected chi connectivity index (χ1v) is 6.38. The molecular weight excluding hydrogens is 225 g/mol. The number of rotatable bonds is 7. The Bertz CT molecular complexity index is 304. The summed E-state index contributed by atoms with van der Waals surface area (Å²) >= 11 is 5.63. The summed E-state index contributed by atoms with van der Waals surface area (Å²) in [6, 6.07) is 6.77. The van der Waals surface area contributed by atoms with Crippen molar-refractivity contribution in [3.05, 3.63) is 30.1 Å². The van der Waals surface area contributed by atoms with Gasteiger partial charge >= 0.3 is 0 Å². The van der Waals surface area contributed by atoms with Gasteiger partial charge in [0.2, 0.25) is 0 Å². The average molecular weight is 244 g/mol. The molecule has 90 valence electrons. The van der Waals surface area contributed by atoms with Gasteiger partial charge < -0.3 is 4.90 Å². The number of benzene rings is 1. The summed E-state index contributed by atoms with van der Waals surface area (Å²) in [4.78, 5) is 2.19. The molecule has 16 heavy (non-hydrogen) atoms. The molecule has 0 heterocycles. The molecule has 0 amide bonds. The van der Waals surface area contributed by atoms with Gasteiger partial charge in [0.15, 0.2) is 0 Å². The molecule has 0 aliphatic heterocycles. The number of nitrogens with zero attached hydrogens (tertiary/aromatic N) is 1. The maximum Gasteiger partial charge on any atom is 0.125 e. The first-order chi connectivity index (χ1) is 7.77. The van der Waals surface area contributed by atoms with Gasteiger partial charge in [0.25, 0.3) is 0 Å². The van der Waals surface area contributed by atoms with E-state index in [1.54, 1.807) is 12.1 Å². The van der Waals surface area contributed by atoms with E-state index >= 15 is 0 Å². The smallest absolute Gasteiger partial charge is 0.125 e. The van der Waals surface area contributed by atoms with E-state index in [0.717, 1.165) is 43.9 Å². The molecule has 3 heteroatoms. The van der Waals surface area contributed by atoms with Gasteiger partial charge in [0, 0.05) is 24.7 Å². The van der Waals surface area contributed by atoms with Crippen LogP contribution in [0.5, 0.6) is 0 Å². The van der Waals surface area contributed by atoms with Crippen molar-refractivity contribution in [1.82, 2.24) is 0 Å². The number of hydrogen-bond acceptors (Lipinski definition) is 1. The molecule has 1 aromatic rings. The van der Waals surface area contributed by atoms with Crippen molar-refractivity contribution in [2.75, 3.05) is 23.9 Å². The second-order valence-electron chi connectivity index (χ2n) is 3.81. The number of hydrogen-bond donors (Lipinski definition) is 0. The molecule has 0 unspecified atom stereocenters. The van der Waals surface area contributed by atoms with Crippen molar-refractivity contribution in [3.8, 4) is 0 Å². The zero-order valence-electron chi connectivity index (χ0n) is 9.76. The molecule has 0 saturated carbocycles. The van der Waals surface area contributed by atoms with E-state index in [1.807, 2.05) is 6.07 Å². The molecule has 1 rings (SSSR count). The Balaban J connectivity index is 2.47. The molecule has 0 aliphatic carbocycles. The quantitative estimate of drug-likeness (QED) is 0.516. The maximum atomic E-state index is 13.1. The lowest BCUT2D eigenvalue weighted by Gasteiger charge is -2.23. The third-order valence-electron chi connectivity index (χ3n) is 2.62. The predicted octanol–water partition coefficient (Wildman–Crippen LogP) is 4.06. The van der Waals surface area contributed by atoms with E-state index in [9.17, 15) is 4.39 Å². The van der Waals surface area contributed by atoms with Gasteiger partial charge in [-0.3, -0.25) is 0 Å². The van der Waals surface area contributed by atoms with Gasteiger partial charge in [-0.25, -0.2) is 4.39 Å². The van der Waals surface area contributed by atoms with Crippen LogP contribution in [0.3, 0.4) is 0 Å². The molecule has 0 saturated heterocycles. The highest BCUT2D eigenvalue weighted by Gasteiger charge is 2.04. The molecule has 0 aromatic heterocycles. The number of unbranched alkanes of at least 4 members (excludes halogenated alkanes) is 2. The van der Waals surface area contributed by atoms with Gasteiger partial charge in [0.05, 0.1) is 0 Å². The van der Waals surface area contributed by atoms with Gasteiger partial charge in [-0.15, -0.1) is 11.6 Å². The van der Waals surface area contributed by atoms with Crippen LogP contribution >= 0.6 is 11.6 Å². The Hall–Kier alpha value is -0.760. The third-order valence-corrected chi connectivity index (χ3v) is 2.88. The van der Waals surface area contributed by atoms with Crippen LogP contribution in [-0.2, 0) is 0 Å². The molecule has 1 nitrogen and oxygen atoms in total. The molecule has 0 aliphatic rings. The highest BCUT2D eigenvalue weighted by Crippen LogP contribution is 2.16. The second-order valence-corrected chi connectivity index (χ2v) is 4.19. The van der Waals surface area contributed by atoms with Crippen molar-refractivity contribution in [2.24, 2.45) is 0 Å². The molecule has 0 radical (unpaired) electrons. The number of halogens is 2. The summed E-state index contributed by atoms with van der Waals surface area (Å²) in [6.07, 6.45) is 3.30. The first-order valence-electron chi connectivity index (χ1n) is 5.84. The van der Waals surface area contributed by atoms with E-state index in [1.165, 1.54) is 6.07 Å². The molecule has 0 bridgehead atoms. The van der Waals surface area contributed by atoms with E-state index < -0.39 is 0 Å². The van der Waals surface area contributed by atoms with E-state index in [0.29, 0.717) is 0 Å². The third kappa shape index (κ3) is 4.40. The molecule has 0 atom stereocenters. The zero-order valence-corrected chi connectivity index (χ0v) is 10.5. The monoisotopic (exact) mass is 243 g/mol. The van der Waals surface area contributed by atoms with E-state index in [2.05, 4.69) is 11.8 Å². The van der Waals surface area contributed by atoms with Gasteiger partial charge in [-0.2, -0.15) is 0 Å². The van der Waals surface area contributed by atoms with E-state index in [4.69, 9.17) is 11.6 Å². The summed E-state index contributed by atoms with van der Waals surface area (Å²) in [5.74, 6) is 0.559. The van der Waals surface area contributed by atoms with Crippen molar-refractivity contribution >= 4 is 17.3 Å². The number of alkyl halides is 1. The fourth-order valence-corrected chi connectivity index (χ4v) is 1.91. The van der Waals surface area contributed by atoms with Crippen LogP contribution in [0, 0.1) is 5.82 Å². The van der Waals surface area contributed by atoms with Gasteiger partial charge in [-0.1, -0.05) is 12.5 Å². The van der Waals surface area contributed by atoms with Crippen LogP contribution in [-0.4, -0.2) is 19.0 Å². The topological polar surface area (TPSA) is 3.24 Å². The van der Waals surface area contributed by atoms with Crippen molar-refractivity contribution < 1.29 is 4.39 Å². The van der Waals surface area contributed by atoms with Gasteiger partial charge in [-0.05, 0) is 38.0 Å². The largest absolute Gasteiger partial charge is 0.372 e. The SMILES string of the molecule is CCN(CCCCCCl)c1cccc(F)c1. The van der Waals surface area contributed by atoms with Crippen LogP contribution < -0.4 is 4.90 Å². The summed E-state index contributed by atoms with van der Waals surface area (Å²) < 4.78 is 13.1. The maximum absolute atomic E-state index is 13.1. The second kappa shape index (κ2) is 7.50. The minimum Gasteiger partial charge on any atom is -0.372 e. The normalized spacial score (nSPS) is 10.4. The average Bonchev–Trinajstić information content (AvgIpc) is 2.29. The molecule has 0 spiro atoms. The zero-order chi connectivity index (χ0) is 11.8. The summed E-state index contributed by atoms with van der Waals surface area (Å²) in [7, 11) is 0. The Morgan fingerprint density at radius 1 is 1.25 bits per heavy atom. The lowest BCUT2D eigenvalue weighted by Crippen LogP contribution is -2.23. The van der Waals surface area contributed by atoms with Crippen LogP contribution in [0.4, 0.5) is 10.1 Å². The predicted molar refractivity (Wildman–Crippen MR) is 68.9 cm³/mol. The standard InChI is InChI=1S/C13H19ClFN/c1-2-16(10-5-3-4-9-14)13-8-6-7-12(15)11-13/h6-8,11H,2-5,9-10H2,1H3. The highest BCUT2D eigenvalue weighted by atomic mass is 35.5. The Kier molecular flexibility index (Phi) is 6.24. The van der Waals surface area contributed by atoms with Crippen molar-refractivity contribution in [3.63, 3.8) is 0 Å². The Morgan fingerprint density at radius 3 is 2.69 bits per heavy atom. The molecule has 0 N–H and O–H groups in total. The highest BCUT2D eigenvalue weighted by molar-refractivity contribution is 6.17. The summed E-state index contributed by atoms with van der Waals surface area (Å²) in [5, 5.41) is 0. The van der Waals surface area contributed by atoms with Crippen molar-refractivity contribution in [1.29, 1.82) is 0 Å². The minimum absolute atomic E-state index is 0.170. The Morgan fingerprint density at radius 2 is 2.06 bits per heavy atom. The molecule has 1 aromatic carbocycles. The van der Waals surface area contributed by atoms with Crippen LogP contribution in [0.25, 0.3) is 0 Å². The minimum atomic E-state index is -0.170. The molecular formula is C13H19ClFN. The van der Waals surface area contributed by atoms with Crippen LogP contribution in [0.1, 0.15) is 26.2 Å². The fraction of sp³-hybridized carbons (Fsp3) is 0.538. The van der Waals surface area contributed by atoms with Crippen LogP contribution in [0.2, 0.25) is 0 Å². The lowest BCUT2D eigenvalue weighted by molar-refractivity contribution is 0.625. The Labute approximate surface area is 102 Å². The first kappa shape index (κ1) is 13.3. The summed E-state index contributed by atoms with van der Waals surface area (Å²) in [5.41, 5.74) is 0.966. The van der Waals surface area contributed by atoms with Crippen LogP contribution in [0.15, 0.2) is 24.3 Å². The molecule has 0 fully saturated rings. The fourth-order valence-electron chi connectivity index (χ4n) is 1.72. The van der Waals surface area contributed by atoms with Gasteiger partial charge in [0.1, 0.15) is 5.82 Å². The lowest BCUT2D eigenvalue weighted by atomic mass is 10.2. The van der Waals surface area contributed by atoms with Crippen molar-refractivity contribution in [2.45, 2.75) is 26.2 Å². The number of anilines is 1. The van der Waals surface area contributed by atoms with E-state index in [-0.39, 0.29) is 5.82 Å². The summed E-state index contributed by atoms with van der Waals surface area (Å²) in [6.45, 7) is 3.97.